The summed E-state index contributed by atoms with van der Waals surface area (Å²) < 4.78 is 7.04. The third-order valence-corrected chi connectivity index (χ3v) is 4.63. The third kappa shape index (κ3) is 4.45. The molecular weight excluding hydrogens is 350 g/mol. The lowest BCUT2D eigenvalue weighted by molar-refractivity contribution is 0.0451. The van der Waals surface area contributed by atoms with E-state index in [1.165, 1.54) is 17.3 Å². The van der Waals surface area contributed by atoms with Gasteiger partial charge in [-0.05, 0) is 48.0 Å². The van der Waals surface area contributed by atoms with Crippen molar-refractivity contribution in [1.29, 1.82) is 0 Å². The minimum absolute atomic E-state index is 0.0232. The Hall–Kier alpha value is -2.74. The monoisotopic (exact) mass is 369 g/mol. The molecule has 3 rings (SSSR count). The standard InChI is InChI=1S/C18H19N5O2S/c1-3-11-23-16(20-21-22-23)12-25-18(24)15-5-4-10-19-17(15)26-14-8-6-13(2)7-9-14/h4-10H,3,11-12H2,1-2H3. The molecule has 0 fully saturated rings. The van der Waals surface area contributed by atoms with Crippen LogP contribution in [0, 0.1) is 6.92 Å². The fourth-order valence-corrected chi connectivity index (χ4v) is 3.14. The number of pyridine rings is 1. The van der Waals surface area contributed by atoms with Crippen LogP contribution in [-0.2, 0) is 17.9 Å². The van der Waals surface area contributed by atoms with Crippen LogP contribution >= 0.6 is 11.8 Å². The molecule has 2 heterocycles. The Morgan fingerprint density at radius 2 is 2.04 bits per heavy atom. The molecule has 2 aromatic heterocycles. The van der Waals surface area contributed by atoms with Crippen molar-refractivity contribution in [1.82, 2.24) is 25.2 Å². The van der Waals surface area contributed by atoms with E-state index in [9.17, 15) is 4.79 Å². The fraction of sp³-hybridized carbons (Fsp3) is 0.278. The normalized spacial score (nSPS) is 10.7. The van der Waals surface area contributed by atoms with Crippen molar-refractivity contribution in [3.63, 3.8) is 0 Å². The lowest BCUT2D eigenvalue weighted by atomic mass is 10.2. The molecule has 26 heavy (non-hydrogen) atoms. The summed E-state index contributed by atoms with van der Waals surface area (Å²) in [6.45, 7) is 4.77. The third-order valence-electron chi connectivity index (χ3n) is 3.60. The first-order valence-electron chi connectivity index (χ1n) is 8.29. The van der Waals surface area contributed by atoms with Crippen molar-refractivity contribution in [2.75, 3.05) is 0 Å². The van der Waals surface area contributed by atoms with E-state index in [0.29, 0.717) is 23.0 Å². The Bertz CT molecular complexity index is 879. The molecule has 0 N–H and O–H groups in total. The van der Waals surface area contributed by atoms with Crippen LogP contribution in [0.1, 0.15) is 35.1 Å². The molecule has 0 amide bonds. The van der Waals surface area contributed by atoms with Gasteiger partial charge in [-0.2, -0.15) is 0 Å². The summed E-state index contributed by atoms with van der Waals surface area (Å²) in [5, 5.41) is 12.0. The summed E-state index contributed by atoms with van der Waals surface area (Å²) in [5.41, 5.74) is 1.60. The maximum atomic E-state index is 12.5. The molecule has 0 aliphatic carbocycles. The van der Waals surface area contributed by atoms with Crippen molar-refractivity contribution in [3.05, 3.63) is 59.5 Å². The van der Waals surface area contributed by atoms with Crippen LogP contribution in [0.25, 0.3) is 0 Å². The second-order valence-corrected chi connectivity index (χ2v) is 6.73. The summed E-state index contributed by atoms with van der Waals surface area (Å²) in [7, 11) is 0. The average molecular weight is 369 g/mol. The topological polar surface area (TPSA) is 82.8 Å². The highest BCUT2D eigenvalue weighted by atomic mass is 32.2. The Morgan fingerprint density at radius 1 is 1.23 bits per heavy atom. The van der Waals surface area contributed by atoms with Crippen molar-refractivity contribution in [2.24, 2.45) is 0 Å². The van der Waals surface area contributed by atoms with Gasteiger partial charge in [-0.15, -0.1) is 5.10 Å². The number of carbonyl (C=O) groups is 1. The van der Waals surface area contributed by atoms with Gasteiger partial charge in [0.25, 0.3) is 0 Å². The highest BCUT2D eigenvalue weighted by Crippen LogP contribution is 2.29. The maximum absolute atomic E-state index is 12.5. The number of tetrazole rings is 1. The zero-order chi connectivity index (χ0) is 18.4. The van der Waals surface area contributed by atoms with Crippen LogP contribution in [0.15, 0.2) is 52.5 Å². The summed E-state index contributed by atoms with van der Waals surface area (Å²) in [6, 6.07) is 11.5. The molecule has 7 nitrogen and oxygen atoms in total. The number of aryl methyl sites for hydroxylation is 2. The lowest BCUT2D eigenvalue weighted by Gasteiger charge is -2.09. The van der Waals surface area contributed by atoms with Gasteiger partial charge in [-0.25, -0.2) is 14.5 Å². The van der Waals surface area contributed by atoms with Gasteiger partial charge >= 0.3 is 5.97 Å². The number of benzene rings is 1. The molecule has 0 unspecified atom stereocenters. The second-order valence-electron chi connectivity index (χ2n) is 5.67. The highest BCUT2D eigenvalue weighted by molar-refractivity contribution is 7.99. The van der Waals surface area contributed by atoms with Gasteiger partial charge in [0.1, 0.15) is 5.03 Å². The summed E-state index contributed by atoms with van der Waals surface area (Å²) in [4.78, 5) is 17.9. The van der Waals surface area contributed by atoms with Crippen molar-refractivity contribution in [2.45, 2.75) is 43.3 Å². The number of hydrogen-bond donors (Lipinski definition) is 0. The van der Waals surface area contributed by atoms with Gasteiger partial charge in [0.2, 0.25) is 0 Å². The van der Waals surface area contributed by atoms with Gasteiger partial charge in [-0.1, -0.05) is 36.4 Å². The summed E-state index contributed by atoms with van der Waals surface area (Å²) in [5.74, 6) is 0.0792. The number of aromatic nitrogens is 5. The largest absolute Gasteiger partial charge is 0.454 e. The van der Waals surface area contributed by atoms with Gasteiger partial charge in [0.05, 0.1) is 5.56 Å². The Labute approximate surface area is 155 Å². The second kappa shape index (κ2) is 8.57. The molecule has 0 spiro atoms. The van der Waals surface area contributed by atoms with Crippen LogP contribution in [0.4, 0.5) is 0 Å². The molecule has 1 aromatic carbocycles. The van der Waals surface area contributed by atoms with Crippen LogP contribution in [0.5, 0.6) is 0 Å². The Kier molecular flexibility index (Phi) is 5.96. The quantitative estimate of drug-likeness (QED) is 0.591. The summed E-state index contributed by atoms with van der Waals surface area (Å²) >= 11 is 1.43. The molecule has 0 bridgehead atoms. The van der Waals surface area contributed by atoms with Gasteiger partial charge < -0.3 is 4.74 Å². The van der Waals surface area contributed by atoms with Crippen molar-refractivity contribution < 1.29 is 9.53 Å². The summed E-state index contributed by atoms with van der Waals surface area (Å²) in [6.07, 6.45) is 2.56. The van der Waals surface area contributed by atoms with Gasteiger partial charge in [0, 0.05) is 17.6 Å². The molecule has 0 radical (unpaired) electrons. The smallest absolute Gasteiger partial charge is 0.341 e. The number of hydrogen-bond acceptors (Lipinski definition) is 7. The zero-order valence-corrected chi connectivity index (χ0v) is 15.4. The number of nitrogens with zero attached hydrogens (tertiary/aromatic N) is 5. The van der Waals surface area contributed by atoms with E-state index >= 15 is 0 Å². The first kappa shape index (κ1) is 18.1. The molecule has 0 saturated carbocycles. The highest BCUT2D eigenvalue weighted by Gasteiger charge is 2.16. The van der Waals surface area contributed by atoms with E-state index in [4.69, 9.17) is 4.74 Å². The van der Waals surface area contributed by atoms with Gasteiger partial charge in [0.15, 0.2) is 12.4 Å². The lowest BCUT2D eigenvalue weighted by Crippen LogP contribution is -2.12. The number of ether oxygens (including phenoxy) is 1. The first-order valence-corrected chi connectivity index (χ1v) is 9.10. The molecule has 0 saturated heterocycles. The maximum Gasteiger partial charge on any atom is 0.341 e. The Morgan fingerprint density at radius 3 is 2.81 bits per heavy atom. The van der Waals surface area contributed by atoms with Crippen LogP contribution in [-0.4, -0.2) is 31.2 Å². The molecule has 3 aromatic rings. The Balaban J connectivity index is 1.71. The SMILES string of the molecule is CCCn1nnnc1COC(=O)c1cccnc1Sc1ccc(C)cc1. The molecule has 0 aliphatic heterocycles. The predicted molar refractivity (Wildman–Crippen MR) is 96.8 cm³/mol. The number of esters is 1. The molecule has 0 atom stereocenters. The average Bonchev–Trinajstić information content (AvgIpc) is 3.10. The van der Waals surface area contributed by atoms with Crippen molar-refractivity contribution >= 4 is 17.7 Å². The van der Waals surface area contributed by atoms with Crippen molar-refractivity contribution in [3.8, 4) is 0 Å². The first-order chi connectivity index (χ1) is 12.7. The van der Waals surface area contributed by atoms with Crippen LogP contribution in [0.2, 0.25) is 0 Å². The minimum atomic E-state index is -0.446. The number of rotatable bonds is 7. The molecular formula is C18H19N5O2S. The predicted octanol–water partition coefficient (Wildman–Crippen LogP) is 3.29. The van der Waals surface area contributed by atoms with E-state index in [0.717, 1.165) is 11.3 Å². The van der Waals surface area contributed by atoms with Crippen LogP contribution < -0.4 is 0 Å². The number of carbonyl (C=O) groups excluding carboxylic acids is 1. The minimum Gasteiger partial charge on any atom is -0.454 e. The van der Waals surface area contributed by atoms with E-state index in [2.05, 4.69) is 20.5 Å². The van der Waals surface area contributed by atoms with Gasteiger partial charge in [-0.3, -0.25) is 0 Å². The zero-order valence-electron chi connectivity index (χ0n) is 14.6. The fourth-order valence-electron chi connectivity index (χ4n) is 2.27. The van der Waals surface area contributed by atoms with E-state index in [1.54, 1.807) is 23.0 Å². The molecule has 134 valence electrons. The van der Waals surface area contributed by atoms with E-state index in [-0.39, 0.29) is 6.61 Å². The molecule has 0 aliphatic rings. The van der Waals surface area contributed by atoms with Crippen LogP contribution in [0.3, 0.4) is 0 Å². The molecule has 8 heteroatoms. The van der Waals surface area contributed by atoms with E-state index in [1.807, 2.05) is 38.1 Å². The van der Waals surface area contributed by atoms with E-state index < -0.39 is 5.97 Å².